The zero-order valence-electron chi connectivity index (χ0n) is 9.26. The SMILES string of the molecule is CCc1ncnc(NCC2(CCl)CC2)c1F. The lowest BCUT2D eigenvalue weighted by Gasteiger charge is -2.13. The summed E-state index contributed by atoms with van der Waals surface area (Å²) in [5, 5.41) is 3.03. The number of anilines is 1. The van der Waals surface area contributed by atoms with Crippen molar-refractivity contribution < 1.29 is 4.39 Å². The second-order valence-electron chi connectivity index (χ2n) is 4.32. The maximum Gasteiger partial charge on any atom is 0.186 e. The molecule has 1 aromatic rings. The first-order chi connectivity index (χ1) is 7.71. The molecule has 0 amide bonds. The summed E-state index contributed by atoms with van der Waals surface area (Å²) < 4.78 is 13.8. The van der Waals surface area contributed by atoms with Gasteiger partial charge in [0.2, 0.25) is 0 Å². The number of alkyl halides is 1. The predicted octanol–water partition coefficient (Wildman–Crippen LogP) is 2.61. The highest BCUT2D eigenvalue weighted by Gasteiger charge is 2.41. The molecule has 3 nitrogen and oxygen atoms in total. The van der Waals surface area contributed by atoms with Gasteiger partial charge in [0.1, 0.15) is 6.33 Å². The number of nitrogens with one attached hydrogen (secondary N) is 1. The lowest BCUT2D eigenvalue weighted by molar-refractivity contribution is 0.582. The summed E-state index contributed by atoms with van der Waals surface area (Å²) in [6, 6.07) is 0. The van der Waals surface area contributed by atoms with Crippen LogP contribution < -0.4 is 5.32 Å². The van der Waals surface area contributed by atoms with Gasteiger partial charge in [0.25, 0.3) is 0 Å². The highest BCUT2D eigenvalue weighted by molar-refractivity contribution is 6.18. The third kappa shape index (κ3) is 2.26. The Morgan fingerprint density at radius 2 is 2.25 bits per heavy atom. The van der Waals surface area contributed by atoms with Crippen LogP contribution in [0.3, 0.4) is 0 Å². The third-order valence-electron chi connectivity index (χ3n) is 3.07. The molecule has 2 rings (SSSR count). The van der Waals surface area contributed by atoms with Crippen LogP contribution in [0.2, 0.25) is 0 Å². The van der Waals surface area contributed by atoms with Gasteiger partial charge in [0.15, 0.2) is 11.6 Å². The second kappa shape index (κ2) is 4.53. The van der Waals surface area contributed by atoms with Gasteiger partial charge in [-0.3, -0.25) is 0 Å². The molecule has 5 heteroatoms. The van der Waals surface area contributed by atoms with Crippen molar-refractivity contribution in [3.8, 4) is 0 Å². The normalized spacial score (nSPS) is 17.2. The van der Waals surface area contributed by atoms with Crippen LogP contribution in [0.25, 0.3) is 0 Å². The van der Waals surface area contributed by atoms with Gasteiger partial charge in [-0.15, -0.1) is 11.6 Å². The van der Waals surface area contributed by atoms with E-state index in [1.54, 1.807) is 0 Å². The standard InChI is InChI=1S/C11H15ClFN3/c1-2-8-9(13)10(16-7-15-8)14-6-11(5-12)3-4-11/h7H,2-6H2,1H3,(H,14,15,16). The third-order valence-corrected chi connectivity index (χ3v) is 3.63. The predicted molar refractivity (Wildman–Crippen MR) is 62.2 cm³/mol. The minimum atomic E-state index is -0.338. The van der Waals surface area contributed by atoms with E-state index in [1.165, 1.54) is 6.33 Å². The fraction of sp³-hybridized carbons (Fsp3) is 0.636. The number of nitrogens with zero attached hydrogens (tertiary/aromatic N) is 2. The Labute approximate surface area is 99.4 Å². The lowest BCUT2D eigenvalue weighted by atomic mass is 10.1. The molecule has 0 aromatic carbocycles. The number of aromatic nitrogens is 2. The minimum Gasteiger partial charge on any atom is -0.367 e. The molecule has 0 radical (unpaired) electrons. The van der Waals surface area contributed by atoms with E-state index in [9.17, 15) is 4.39 Å². The van der Waals surface area contributed by atoms with Gasteiger partial charge in [-0.05, 0) is 19.3 Å². The van der Waals surface area contributed by atoms with E-state index in [2.05, 4.69) is 15.3 Å². The molecule has 16 heavy (non-hydrogen) atoms. The molecular formula is C11H15ClFN3. The van der Waals surface area contributed by atoms with E-state index in [0.29, 0.717) is 30.4 Å². The zero-order valence-corrected chi connectivity index (χ0v) is 10.0. The van der Waals surface area contributed by atoms with Crippen molar-refractivity contribution in [2.24, 2.45) is 5.41 Å². The van der Waals surface area contributed by atoms with E-state index < -0.39 is 0 Å². The van der Waals surface area contributed by atoms with E-state index in [4.69, 9.17) is 11.6 Å². The summed E-state index contributed by atoms with van der Waals surface area (Å²) in [6.45, 7) is 2.56. The van der Waals surface area contributed by atoms with Crippen LogP contribution in [0, 0.1) is 11.2 Å². The molecule has 0 saturated heterocycles. The van der Waals surface area contributed by atoms with Crippen LogP contribution in [0.4, 0.5) is 10.2 Å². The zero-order chi connectivity index (χ0) is 11.6. The molecule has 1 aliphatic rings. The Balaban J connectivity index is 2.04. The van der Waals surface area contributed by atoms with Gasteiger partial charge >= 0.3 is 0 Å². The maximum absolute atomic E-state index is 13.8. The molecular weight excluding hydrogens is 229 g/mol. The van der Waals surface area contributed by atoms with Gasteiger partial charge in [0, 0.05) is 17.8 Å². The van der Waals surface area contributed by atoms with E-state index in [1.807, 2.05) is 6.92 Å². The second-order valence-corrected chi connectivity index (χ2v) is 4.59. The van der Waals surface area contributed by atoms with Gasteiger partial charge in [-0.25, -0.2) is 14.4 Å². The molecule has 88 valence electrons. The maximum atomic E-state index is 13.8. The molecule has 0 spiro atoms. The first kappa shape index (κ1) is 11.6. The van der Waals surface area contributed by atoms with Crippen LogP contribution in [0.1, 0.15) is 25.5 Å². The summed E-state index contributed by atoms with van der Waals surface area (Å²) in [5.41, 5.74) is 0.610. The number of hydrogen-bond acceptors (Lipinski definition) is 3. The van der Waals surface area contributed by atoms with Crippen LogP contribution in [0.15, 0.2) is 6.33 Å². The Morgan fingerprint density at radius 3 is 2.81 bits per heavy atom. The smallest absolute Gasteiger partial charge is 0.186 e. The Kier molecular flexibility index (Phi) is 3.28. The summed E-state index contributed by atoms with van der Waals surface area (Å²) in [7, 11) is 0. The van der Waals surface area contributed by atoms with E-state index in [0.717, 1.165) is 12.8 Å². The number of hydrogen-bond donors (Lipinski definition) is 1. The Hall–Kier alpha value is -0.900. The van der Waals surface area contributed by atoms with Crippen molar-refractivity contribution in [2.45, 2.75) is 26.2 Å². The summed E-state index contributed by atoms with van der Waals surface area (Å²) in [6.07, 6.45) is 4.18. The van der Waals surface area contributed by atoms with Gasteiger partial charge in [-0.2, -0.15) is 0 Å². The lowest BCUT2D eigenvalue weighted by Crippen LogP contribution is -2.18. The fourth-order valence-corrected chi connectivity index (χ4v) is 1.94. The monoisotopic (exact) mass is 243 g/mol. The fourth-order valence-electron chi connectivity index (χ4n) is 1.58. The van der Waals surface area contributed by atoms with Crippen molar-refractivity contribution in [2.75, 3.05) is 17.7 Å². The average Bonchev–Trinajstić information content (AvgIpc) is 3.08. The summed E-state index contributed by atoms with van der Waals surface area (Å²) in [4.78, 5) is 7.80. The van der Waals surface area contributed by atoms with E-state index >= 15 is 0 Å². The molecule has 0 atom stereocenters. The summed E-state index contributed by atoms with van der Waals surface area (Å²) >= 11 is 5.85. The van der Waals surface area contributed by atoms with Gasteiger partial charge in [-0.1, -0.05) is 6.92 Å². The van der Waals surface area contributed by atoms with Crippen molar-refractivity contribution in [1.29, 1.82) is 0 Å². The largest absolute Gasteiger partial charge is 0.367 e. The van der Waals surface area contributed by atoms with Crippen LogP contribution in [-0.4, -0.2) is 22.4 Å². The average molecular weight is 244 g/mol. The molecule has 1 aliphatic carbocycles. The quantitative estimate of drug-likeness (QED) is 0.808. The molecule has 0 bridgehead atoms. The van der Waals surface area contributed by atoms with Gasteiger partial charge < -0.3 is 5.32 Å². The van der Waals surface area contributed by atoms with Crippen LogP contribution in [0.5, 0.6) is 0 Å². The molecule has 0 aliphatic heterocycles. The highest BCUT2D eigenvalue weighted by Crippen LogP contribution is 2.46. The molecule has 1 N–H and O–H groups in total. The highest BCUT2D eigenvalue weighted by atomic mass is 35.5. The van der Waals surface area contributed by atoms with Crippen molar-refractivity contribution in [3.05, 3.63) is 17.8 Å². The Bertz CT molecular complexity index is 379. The number of halogens is 2. The topological polar surface area (TPSA) is 37.8 Å². The van der Waals surface area contributed by atoms with Crippen LogP contribution in [-0.2, 0) is 6.42 Å². The molecule has 1 heterocycles. The van der Waals surface area contributed by atoms with Crippen molar-refractivity contribution >= 4 is 17.4 Å². The molecule has 1 fully saturated rings. The Morgan fingerprint density at radius 1 is 1.50 bits per heavy atom. The van der Waals surface area contributed by atoms with E-state index in [-0.39, 0.29) is 11.2 Å². The van der Waals surface area contributed by atoms with Crippen molar-refractivity contribution in [3.63, 3.8) is 0 Å². The molecule has 1 saturated carbocycles. The number of aryl methyl sites for hydroxylation is 1. The molecule has 0 unspecified atom stereocenters. The van der Waals surface area contributed by atoms with Crippen molar-refractivity contribution in [1.82, 2.24) is 9.97 Å². The first-order valence-corrected chi connectivity index (χ1v) is 6.03. The minimum absolute atomic E-state index is 0.158. The first-order valence-electron chi connectivity index (χ1n) is 5.50. The molecule has 1 aromatic heterocycles. The summed E-state index contributed by atoms with van der Waals surface area (Å²) in [5.74, 6) is 0.575. The number of rotatable bonds is 5. The van der Waals surface area contributed by atoms with Gasteiger partial charge in [0.05, 0.1) is 5.69 Å². The van der Waals surface area contributed by atoms with Crippen LogP contribution >= 0.6 is 11.6 Å².